The van der Waals surface area contributed by atoms with Gasteiger partial charge in [0.2, 0.25) is 0 Å². The fourth-order valence-corrected chi connectivity index (χ4v) is 2.73. The van der Waals surface area contributed by atoms with Crippen LogP contribution in [0.1, 0.15) is 12.0 Å². The van der Waals surface area contributed by atoms with Crippen LogP contribution < -0.4 is 16.2 Å². The van der Waals surface area contributed by atoms with Gasteiger partial charge in [-0.15, -0.1) is 11.8 Å². The van der Waals surface area contributed by atoms with Crippen molar-refractivity contribution in [3.8, 4) is 0 Å². The first-order chi connectivity index (χ1) is 9.86. The third-order valence-electron chi connectivity index (χ3n) is 2.59. The highest BCUT2D eigenvalue weighted by atomic mass is 35.5. The number of allylic oxidation sites excluding steroid dienone is 1. The van der Waals surface area contributed by atoms with Gasteiger partial charge in [0.25, 0.3) is 0 Å². The maximum atomic E-state index is 12.6. The Morgan fingerprint density at radius 2 is 2.10 bits per heavy atom. The smallest absolute Gasteiger partial charge is 0.330 e. The summed E-state index contributed by atoms with van der Waals surface area (Å²) in [6.07, 6.45) is -3.55. The Morgan fingerprint density at radius 3 is 2.71 bits per heavy atom. The Balaban J connectivity index is 1.99. The topological polar surface area (TPSA) is 36.1 Å². The lowest BCUT2D eigenvalue weighted by Gasteiger charge is -2.15. The third kappa shape index (κ3) is 4.69. The van der Waals surface area contributed by atoms with Crippen LogP contribution in [0.2, 0.25) is 5.02 Å². The van der Waals surface area contributed by atoms with Gasteiger partial charge in [0.05, 0.1) is 16.3 Å². The summed E-state index contributed by atoms with van der Waals surface area (Å²) in [5, 5.41) is 4.88. The van der Waals surface area contributed by atoms with E-state index in [0.717, 1.165) is 30.0 Å². The number of hydrazine groups is 1. The van der Waals surface area contributed by atoms with Crippen molar-refractivity contribution < 1.29 is 13.2 Å². The SMILES string of the molecule is FC(F)(F)c1ccc(Cl)c(NC(=S)NNC2=CSCC2)c1. The number of nitrogens with one attached hydrogen (secondary N) is 3. The van der Waals surface area contributed by atoms with Crippen LogP contribution in [0.25, 0.3) is 0 Å². The summed E-state index contributed by atoms with van der Waals surface area (Å²) >= 11 is 12.5. The molecular formula is C12H11ClF3N3S2. The van der Waals surface area contributed by atoms with E-state index in [1.54, 1.807) is 11.8 Å². The average molecular weight is 354 g/mol. The molecule has 0 saturated heterocycles. The number of anilines is 1. The summed E-state index contributed by atoms with van der Waals surface area (Å²) in [5.74, 6) is 0.990. The van der Waals surface area contributed by atoms with E-state index in [0.29, 0.717) is 0 Å². The van der Waals surface area contributed by atoms with Gasteiger partial charge in [-0.1, -0.05) is 11.6 Å². The molecule has 3 N–H and O–H groups in total. The van der Waals surface area contributed by atoms with Crippen molar-refractivity contribution in [3.63, 3.8) is 0 Å². The number of thiocarbonyl (C=S) groups is 1. The van der Waals surface area contributed by atoms with Crippen LogP contribution >= 0.6 is 35.6 Å². The molecular weight excluding hydrogens is 343 g/mol. The Labute approximate surface area is 134 Å². The first-order valence-corrected chi connectivity index (χ1v) is 7.70. The predicted molar refractivity (Wildman–Crippen MR) is 84.1 cm³/mol. The number of hydrogen-bond acceptors (Lipinski definition) is 3. The fourth-order valence-electron chi connectivity index (χ4n) is 1.57. The van der Waals surface area contributed by atoms with E-state index in [1.165, 1.54) is 6.07 Å². The molecule has 1 aliphatic rings. The lowest BCUT2D eigenvalue weighted by molar-refractivity contribution is -0.137. The standard InChI is InChI=1S/C12H11ClF3N3S2/c13-9-2-1-7(12(14,15)16)5-10(9)17-11(20)19-18-8-3-4-21-6-8/h1-2,5-6,18H,3-4H2,(H2,17,19,20). The van der Waals surface area contributed by atoms with E-state index in [1.807, 2.05) is 5.41 Å². The van der Waals surface area contributed by atoms with Gasteiger partial charge in [0.15, 0.2) is 5.11 Å². The quantitative estimate of drug-likeness (QED) is 0.562. The van der Waals surface area contributed by atoms with Crippen molar-refractivity contribution >= 4 is 46.4 Å². The molecule has 0 unspecified atom stereocenters. The van der Waals surface area contributed by atoms with Gasteiger partial charge in [-0.2, -0.15) is 13.2 Å². The lowest BCUT2D eigenvalue weighted by atomic mass is 10.2. The maximum absolute atomic E-state index is 12.6. The van der Waals surface area contributed by atoms with E-state index >= 15 is 0 Å². The minimum absolute atomic E-state index is 0.0977. The van der Waals surface area contributed by atoms with Gasteiger partial charge in [-0.25, -0.2) is 0 Å². The Kier molecular flexibility index (Phi) is 5.23. The first kappa shape index (κ1) is 16.3. The molecule has 0 bridgehead atoms. The van der Waals surface area contributed by atoms with Gasteiger partial charge in [-0.05, 0) is 42.2 Å². The zero-order chi connectivity index (χ0) is 15.5. The first-order valence-electron chi connectivity index (χ1n) is 5.86. The van der Waals surface area contributed by atoms with Gasteiger partial charge in [-0.3, -0.25) is 5.43 Å². The molecule has 0 saturated carbocycles. The minimum atomic E-state index is -4.43. The molecule has 0 aromatic heterocycles. The molecule has 0 atom stereocenters. The lowest BCUT2D eigenvalue weighted by Crippen LogP contribution is -2.39. The molecule has 2 rings (SSSR count). The summed E-state index contributed by atoms with van der Waals surface area (Å²) in [4.78, 5) is 0. The van der Waals surface area contributed by atoms with Crippen molar-refractivity contribution in [3.05, 3.63) is 39.9 Å². The van der Waals surface area contributed by atoms with E-state index in [9.17, 15) is 13.2 Å². The molecule has 114 valence electrons. The van der Waals surface area contributed by atoms with Crippen molar-refractivity contribution in [1.82, 2.24) is 10.9 Å². The minimum Gasteiger partial charge on any atom is -0.330 e. The predicted octanol–water partition coefficient (Wildman–Crippen LogP) is 4.13. The summed E-state index contributed by atoms with van der Waals surface area (Å²) < 4.78 is 37.9. The number of alkyl halides is 3. The van der Waals surface area contributed by atoms with Crippen LogP contribution in [0.5, 0.6) is 0 Å². The van der Waals surface area contributed by atoms with Gasteiger partial charge >= 0.3 is 6.18 Å². The Morgan fingerprint density at radius 1 is 1.33 bits per heavy atom. The summed E-state index contributed by atoms with van der Waals surface area (Å²) in [7, 11) is 0. The van der Waals surface area contributed by atoms with E-state index in [2.05, 4.69) is 16.2 Å². The van der Waals surface area contributed by atoms with Gasteiger partial charge < -0.3 is 10.7 Å². The average Bonchev–Trinajstić information content (AvgIpc) is 2.91. The van der Waals surface area contributed by atoms with Crippen molar-refractivity contribution in [2.45, 2.75) is 12.6 Å². The van der Waals surface area contributed by atoms with Crippen LogP contribution in [0.3, 0.4) is 0 Å². The van der Waals surface area contributed by atoms with Crippen LogP contribution in [0.4, 0.5) is 18.9 Å². The normalized spacial score (nSPS) is 14.6. The molecule has 0 amide bonds. The van der Waals surface area contributed by atoms with Crippen molar-refractivity contribution in [2.75, 3.05) is 11.1 Å². The van der Waals surface area contributed by atoms with Gasteiger partial charge in [0.1, 0.15) is 0 Å². The Hall–Kier alpha value is -1.12. The molecule has 21 heavy (non-hydrogen) atoms. The number of benzene rings is 1. The van der Waals surface area contributed by atoms with E-state index in [-0.39, 0.29) is 15.8 Å². The molecule has 0 radical (unpaired) electrons. The molecule has 0 fully saturated rings. The number of thioether (sulfide) groups is 1. The van der Waals surface area contributed by atoms with Crippen LogP contribution in [0, 0.1) is 0 Å². The summed E-state index contributed by atoms with van der Waals surface area (Å²) in [5.41, 5.74) is 5.87. The highest BCUT2D eigenvalue weighted by Crippen LogP contribution is 2.33. The van der Waals surface area contributed by atoms with Crippen LogP contribution in [0.15, 0.2) is 29.3 Å². The molecule has 9 heteroatoms. The van der Waals surface area contributed by atoms with Crippen LogP contribution in [-0.4, -0.2) is 10.9 Å². The molecule has 1 aliphatic heterocycles. The largest absolute Gasteiger partial charge is 0.416 e. The summed E-state index contributed by atoms with van der Waals surface area (Å²) in [6, 6.07) is 3.02. The second kappa shape index (κ2) is 6.76. The van der Waals surface area contributed by atoms with Crippen molar-refractivity contribution in [2.24, 2.45) is 0 Å². The second-order valence-electron chi connectivity index (χ2n) is 4.16. The number of hydrogen-bond donors (Lipinski definition) is 3. The molecule has 3 nitrogen and oxygen atoms in total. The summed E-state index contributed by atoms with van der Waals surface area (Å²) in [6.45, 7) is 0. The molecule has 1 aromatic carbocycles. The van der Waals surface area contributed by atoms with Crippen molar-refractivity contribution in [1.29, 1.82) is 0 Å². The Bertz CT molecular complexity index is 575. The van der Waals surface area contributed by atoms with Crippen LogP contribution in [-0.2, 0) is 6.18 Å². The second-order valence-corrected chi connectivity index (χ2v) is 5.95. The zero-order valence-corrected chi connectivity index (χ0v) is 12.9. The number of rotatable bonds is 3. The highest BCUT2D eigenvalue weighted by Gasteiger charge is 2.31. The van der Waals surface area contributed by atoms with E-state index in [4.69, 9.17) is 23.8 Å². The molecule has 1 aromatic rings. The fraction of sp³-hybridized carbons (Fsp3) is 0.250. The number of halogens is 4. The third-order valence-corrected chi connectivity index (χ3v) is 4.02. The maximum Gasteiger partial charge on any atom is 0.416 e. The molecule has 1 heterocycles. The zero-order valence-electron chi connectivity index (χ0n) is 10.6. The highest BCUT2D eigenvalue weighted by molar-refractivity contribution is 8.02. The molecule has 0 spiro atoms. The molecule has 0 aliphatic carbocycles. The monoisotopic (exact) mass is 353 g/mol. The van der Waals surface area contributed by atoms with Gasteiger partial charge in [0, 0.05) is 11.4 Å². The van der Waals surface area contributed by atoms with E-state index < -0.39 is 11.7 Å².